The molecule has 0 bridgehead atoms. The number of aryl methyl sites for hydroxylation is 1. The average molecular weight is 566 g/mol. The second-order valence-electron chi connectivity index (χ2n) is 11.5. The minimum Gasteiger partial charge on any atom is -0.338 e. The van der Waals surface area contributed by atoms with Crippen LogP contribution in [0.25, 0.3) is 0 Å². The molecular formula is C34H42Cl2N2O. The second kappa shape index (κ2) is 13.8. The van der Waals surface area contributed by atoms with Gasteiger partial charge in [0.15, 0.2) is 0 Å². The molecule has 0 saturated carbocycles. The summed E-state index contributed by atoms with van der Waals surface area (Å²) < 4.78 is 0. The number of nitrogens with zero attached hydrogens (tertiary/aromatic N) is 2. The van der Waals surface area contributed by atoms with Crippen LogP contribution in [0.5, 0.6) is 0 Å². The number of hydrogen-bond donors (Lipinski definition) is 0. The van der Waals surface area contributed by atoms with Crippen molar-refractivity contribution in [1.29, 1.82) is 0 Å². The van der Waals surface area contributed by atoms with Gasteiger partial charge in [-0.25, -0.2) is 0 Å². The van der Waals surface area contributed by atoms with E-state index in [1.165, 1.54) is 36.0 Å². The molecular weight excluding hydrogens is 523 g/mol. The van der Waals surface area contributed by atoms with Gasteiger partial charge in [-0.3, -0.25) is 9.69 Å². The highest BCUT2D eigenvalue weighted by molar-refractivity contribution is 6.30. The summed E-state index contributed by atoms with van der Waals surface area (Å²) in [5.74, 6) is 1.46. The van der Waals surface area contributed by atoms with E-state index in [0.29, 0.717) is 23.4 Å². The third kappa shape index (κ3) is 7.66. The number of piperidine rings is 2. The lowest BCUT2D eigenvalue weighted by Gasteiger charge is -2.47. The fourth-order valence-electron chi connectivity index (χ4n) is 6.67. The highest BCUT2D eigenvalue weighted by atomic mass is 35.5. The highest BCUT2D eigenvalue weighted by Gasteiger charge is 2.38. The standard InChI is InChI=1S/C34H41ClN2O.ClH/c1-25-8-6-12-30(20-25)31-16-19-37(34(38)23-29-11-7-13-32(35)22-29)33(24-31)26(2)36-17-14-28(15-18-36)21-27-9-4-3-5-10-27;/h3-13,20,22,26,28,31,33H,14-19,21,23-24H2,1-2H3;1H. The van der Waals surface area contributed by atoms with Crippen molar-refractivity contribution in [2.24, 2.45) is 5.92 Å². The lowest BCUT2D eigenvalue weighted by Crippen LogP contribution is -2.57. The fourth-order valence-corrected chi connectivity index (χ4v) is 6.88. The van der Waals surface area contributed by atoms with E-state index in [-0.39, 0.29) is 24.4 Å². The van der Waals surface area contributed by atoms with Crippen LogP contribution in [0.3, 0.4) is 0 Å². The first-order valence-electron chi connectivity index (χ1n) is 14.3. The molecule has 3 atom stereocenters. The van der Waals surface area contributed by atoms with Crippen LogP contribution in [0.15, 0.2) is 78.9 Å². The summed E-state index contributed by atoms with van der Waals surface area (Å²) in [5, 5.41) is 0.691. The van der Waals surface area contributed by atoms with Crippen LogP contribution in [-0.4, -0.2) is 47.4 Å². The largest absolute Gasteiger partial charge is 0.338 e. The number of benzene rings is 3. The lowest BCUT2D eigenvalue weighted by molar-refractivity contribution is -0.136. The molecule has 2 aliphatic heterocycles. The molecule has 39 heavy (non-hydrogen) atoms. The molecule has 0 aliphatic carbocycles. The quantitative estimate of drug-likeness (QED) is 0.293. The molecule has 0 aromatic heterocycles. The first-order chi connectivity index (χ1) is 18.5. The molecule has 2 heterocycles. The number of halogens is 2. The average Bonchev–Trinajstić information content (AvgIpc) is 2.93. The summed E-state index contributed by atoms with van der Waals surface area (Å²) in [7, 11) is 0. The summed E-state index contributed by atoms with van der Waals surface area (Å²) in [4.78, 5) is 18.6. The molecule has 0 N–H and O–H groups in total. The first kappa shape index (κ1) is 29.6. The predicted octanol–water partition coefficient (Wildman–Crippen LogP) is 7.73. The van der Waals surface area contributed by atoms with Gasteiger partial charge < -0.3 is 4.90 Å². The molecule has 2 fully saturated rings. The third-order valence-electron chi connectivity index (χ3n) is 8.87. The Kier molecular flexibility index (Phi) is 10.5. The Morgan fingerprint density at radius 2 is 1.62 bits per heavy atom. The number of hydrogen-bond acceptors (Lipinski definition) is 2. The van der Waals surface area contributed by atoms with Crippen LogP contribution < -0.4 is 0 Å². The van der Waals surface area contributed by atoms with Gasteiger partial charge in [0.05, 0.1) is 6.42 Å². The van der Waals surface area contributed by atoms with Gasteiger partial charge in [0.1, 0.15) is 0 Å². The molecule has 1 amide bonds. The zero-order chi connectivity index (χ0) is 26.5. The van der Waals surface area contributed by atoms with Crippen LogP contribution in [0.1, 0.15) is 60.8 Å². The minimum absolute atomic E-state index is 0. The van der Waals surface area contributed by atoms with Crippen LogP contribution in [0, 0.1) is 12.8 Å². The van der Waals surface area contributed by atoms with Crippen molar-refractivity contribution in [2.75, 3.05) is 19.6 Å². The number of carbonyl (C=O) groups excluding carboxylic acids is 1. The number of amides is 1. The van der Waals surface area contributed by atoms with Crippen molar-refractivity contribution in [1.82, 2.24) is 9.80 Å². The Labute approximate surface area is 246 Å². The minimum atomic E-state index is 0. The van der Waals surface area contributed by atoms with Gasteiger partial charge in [0.25, 0.3) is 0 Å². The Balaban J connectivity index is 0.00000353. The van der Waals surface area contributed by atoms with E-state index in [1.807, 2.05) is 24.3 Å². The van der Waals surface area contributed by atoms with Gasteiger partial charge in [0, 0.05) is 23.7 Å². The van der Waals surface area contributed by atoms with Gasteiger partial charge >= 0.3 is 0 Å². The fraction of sp³-hybridized carbons (Fsp3) is 0.441. The number of carbonyl (C=O) groups is 1. The van der Waals surface area contributed by atoms with Crippen LogP contribution >= 0.6 is 24.0 Å². The van der Waals surface area contributed by atoms with Gasteiger partial charge in [-0.1, -0.05) is 83.9 Å². The van der Waals surface area contributed by atoms with Crippen molar-refractivity contribution >= 4 is 29.9 Å². The SMILES string of the molecule is Cc1cccc(C2CCN(C(=O)Cc3cccc(Cl)c3)C(C(C)N3CCC(Cc4ccccc4)CC3)C2)c1.Cl. The molecule has 3 unspecified atom stereocenters. The maximum Gasteiger partial charge on any atom is 0.227 e. The van der Waals surface area contributed by atoms with E-state index in [9.17, 15) is 4.79 Å². The number of likely N-dealkylation sites (tertiary alicyclic amines) is 2. The normalized spacial score (nSPS) is 21.3. The molecule has 3 aromatic carbocycles. The van der Waals surface area contributed by atoms with E-state index in [0.717, 1.165) is 44.0 Å². The van der Waals surface area contributed by atoms with Gasteiger partial charge in [-0.15, -0.1) is 12.4 Å². The Morgan fingerprint density at radius 3 is 2.33 bits per heavy atom. The lowest BCUT2D eigenvalue weighted by atomic mass is 9.81. The van der Waals surface area contributed by atoms with E-state index in [2.05, 4.69) is 78.2 Å². The molecule has 3 aromatic rings. The van der Waals surface area contributed by atoms with E-state index in [1.54, 1.807) is 0 Å². The topological polar surface area (TPSA) is 23.6 Å². The molecule has 2 saturated heterocycles. The van der Waals surface area contributed by atoms with E-state index in [4.69, 9.17) is 11.6 Å². The van der Waals surface area contributed by atoms with E-state index >= 15 is 0 Å². The van der Waals surface area contributed by atoms with Gasteiger partial charge in [-0.2, -0.15) is 0 Å². The molecule has 0 radical (unpaired) electrons. The zero-order valence-electron chi connectivity index (χ0n) is 23.3. The summed E-state index contributed by atoms with van der Waals surface area (Å²) in [5.41, 5.74) is 5.18. The van der Waals surface area contributed by atoms with Gasteiger partial charge in [-0.05, 0) is 99.7 Å². The monoisotopic (exact) mass is 564 g/mol. The maximum atomic E-state index is 13.7. The van der Waals surface area contributed by atoms with Crippen LogP contribution in [-0.2, 0) is 17.6 Å². The predicted molar refractivity (Wildman–Crippen MR) is 165 cm³/mol. The molecule has 5 rings (SSSR count). The summed E-state index contributed by atoms with van der Waals surface area (Å²) in [6.07, 6.45) is 6.08. The van der Waals surface area contributed by atoms with Crippen molar-refractivity contribution in [3.63, 3.8) is 0 Å². The molecule has 2 aliphatic rings. The smallest absolute Gasteiger partial charge is 0.227 e. The second-order valence-corrected chi connectivity index (χ2v) is 11.9. The van der Waals surface area contributed by atoms with Crippen LogP contribution in [0.4, 0.5) is 0 Å². The van der Waals surface area contributed by atoms with E-state index < -0.39 is 0 Å². The first-order valence-corrected chi connectivity index (χ1v) is 14.7. The Hall–Kier alpha value is -2.33. The zero-order valence-corrected chi connectivity index (χ0v) is 24.8. The van der Waals surface area contributed by atoms with Crippen LogP contribution in [0.2, 0.25) is 5.02 Å². The summed E-state index contributed by atoms with van der Waals surface area (Å²) in [6, 6.07) is 28.2. The van der Waals surface area contributed by atoms with Gasteiger partial charge in [0.2, 0.25) is 5.91 Å². The molecule has 0 spiro atoms. The third-order valence-corrected chi connectivity index (χ3v) is 9.11. The number of rotatable bonds is 7. The maximum absolute atomic E-state index is 13.7. The summed E-state index contributed by atoms with van der Waals surface area (Å²) in [6.45, 7) is 7.58. The van der Waals surface area contributed by atoms with Crippen molar-refractivity contribution in [3.8, 4) is 0 Å². The summed E-state index contributed by atoms with van der Waals surface area (Å²) >= 11 is 6.23. The molecule has 208 valence electrons. The molecule has 5 heteroatoms. The Morgan fingerprint density at radius 1 is 0.897 bits per heavy atom. The highest BCUT2D eigenvalue weighted by Crippen LogP contribution is 2.36. The molecule has 3 nitrogen and oxygen atoms in total. The van der Waals surface area contributed by atoms with Crippen molar-refractivity contribution in [2.45, 2.75) is 70.4 Å². The van der Waals surface area contributed by atoms with Crippen molar-refractivity contribution in [3.05, 3.63) is 106 Å². The Bertz CT molecular complexity index is 1210. The van der Waals surface area contributed by atoms with Crippen molar-refractivity contribution < 1.29 is 4.79 Å².